The topological polar surface area (TPSA) is 55.6 Å². The number of para-hydroxylation sites is 2. The molecule has 0 saturated carbocycles. The van der Waals surface area contributed by atoms with E-state index in [-0.39, 0.29) is 5.91 Å². The van der Waals surface area contributed by atoms with Gasteiger partial charge in [0.05, 0.1) is 12.7 Å². The Labute approximate surface area is 152 Å². The Kier molecular flexibility index (Phi) is 3.99. The van der Waals surface area contributed by atoms with Crippen LogP contribution in [0.5, 0.6) is 5.75 Å². The minimum Gasteiger partial charge on any atom is -0.491 e. The summed E-state index contributed by atoms with van der Waals surface area (Å²) in [5.41, 5.74) is 2.05. The molecule has 1 unspecified atom stereocenters. The smallest absolute Gasteiger partial charge is 0.246 e. The van der Waals surface area contributed by atoms with Crippen molar-refractivity contribution in [3.05, 3.63) is 77.7 Å². The van der Waals surface area contributed by atoms with Crippen molar-refractivity contribution in [1.29, 1.82) is 0 Å². The van der Waals surface area contributed by atoms with Gasteiger partial charge in [0.2, 0.25) is 5.91 Å². The van der Waals surface area contributed by atoms with Gasteiger partial charge in [-0.15, -0.1) is 0 Å². The van der Waals surface area contributed by atoms with Crippen LogP contribution in [0.3, 0.4) is 0 Å². The van der Waals surface area contributed by atoms with Crippen molar-refractivity contribution in [3.63, 3.8) is 0 Å². The van der Waals surface area contributed by atoms with Gasteiger partial charge in [-0.2, -0.15) is 0 Å². The van der Waals surface area contributed by atoms with Gasteiger partial charge in [-0.05, 0) is 17.7 Å². The highest BCUT2D eigenvalue weighted by atomic mass is 16.5. The Hall–Kier alpha value is -3.08. The van der Waals surface area contributed by atoms with Crippen LogP contribution >= 0.6 is 0 Å². The molecule has 1 spiro atoms. The zero-order chi connectivity index (χ0) is 18.1. The lowest BCUT2D eigenvalue weighted by molar-refractivity contribution is -0.122. The van der Waals surface area contributed by atoms with Gasteiger partial charge in [0.1, 0.15) is 17.8 Å². The molecule has 3 heterocycles. The first-order chi connectivity index (χ1) is 12.8. The Bertz CT molecular complexity index is 936. The van der Waals surface area contributed by atoms with Crippen molar-refractivity contribution in [2.45, 2.75) is 25.8 Å². The maximum Gasteiger partial charge on any atom is 0.246 e. The second-order valence-corrected chi connectivity index (χ2v) is 6.08. The molecule has 0 radical (unpaired) electrons. The standard InChI is InChI=1S/C19H14N2O3.C2H6/c22-18-19(12-23-17-8-4-2-6-15(17)19)14-5-1-3-7-16(14)21(18)11-13-9-10-20-24-13;1-2/h1-10H,11-12H2;1-2H3. The van der Waals surface area contributed by atoms with Crippen LogP contribution in [0.1, 0.15) is 30.7 Å². The zero-order valence-electron chi connectivity index (χ0n) is 14.8. The van der Waals surface area contributed by atoms with E-state index in [4.69, 9.17) is 9.26 Å². The van der Waals surface area contributed by atoms with Crippen molar-refractivity contribution in [3.8, 4) is 5.75 Å². The molecule has 2 aliphatic rings. The summed E-state index contributed by atoms with van der Waals surface area (Å²) in [5.74, 6) is 1.45. The molecule has 0 saturated heterocycles. The number of amides is 1. The highest BCUT2D eigenvalue weighted by Crippen LogP contribution is 2.52. The van der Waals surface area contributed by atoms with Crippen LogP contribution in [-0.4, -0.2) is 17.7 Å². The number of rotatable bonds is 2. The molecule has 0 aliphatic carbocycles. The quantitative estimate of drug-likeness (QED) is 0.704. The van der Waals surface area contributed by atoms with E-state index in [2.05, 4.69) is 5.16 Å². The lowest BCUT2D eigenvalue weighted by Crippen LogP contribution is -2.42. The van der Waals surface area contributed by atoms with E-state index in [0.29, 0.717) is 18.9 Å². The number of anilines is 1. The number of carbonyl (C=O) groups excluding carboxylic acids is 1. The van der Waals surface area contributed by atoms with Gasteiger partial charge >= 0.3 is 0 Å². The van der Waals surface area contributed by atoms with E-state index >= 15 is 0 Å². The first-order valence-corrected chi connectivity index (χ1v) is 8.84. The Balaban J connectivity index is 0.000000814. The van der Waals surface area contributed by atoms with Crippen molar-refractivity contribution >= 4 is 11.6 Å². The molecule has 1 aromatic heterocycles. The fourth-order valence-corrected chi connectivity index (χ4v) is 3.77. The molecule has 132 valence electrons. The maximum atomic E-state index is 13.5. The Morgan fingerprint density at radius 2 is 1.77 bits per heavy atom. The SMILES string of the molecule is CC.O=C1N(Cc2ccno2)c2ccccc2C12COc1ccccc12. The number of ether oxygens (including phenoxy) is 1. The van der Waals surface area contributed by atoms with Crippen molar-refractivity contribution < 1.29 is 14.1 Å². The summed E-state index contributed by atoms with van der Waals surface area (Å²) in [5, 5.41) is 3.73. The van der Waals surface area contributed by atoms with E-state index in [1.165, 1.54) is 0 Å². The largest absolute Gasteiger partial charge is 0.491 e. The van der Waals surface area contributed by atoms with Crippen molar-refractivity contribution in [2.75, 3.05) is 11.5 Å². The van der Waals surface area contributed by atoms with Crippen LogP contribution in [0.25, 0.3) is 0 Å². The van der Waals surface area contributed by atoms with Crippen LogP contribution in [-0.2, 0) is 16.8 Å². The molecule has 0 bridgehead atoms. The molecule has 0 fully saturated rings. The maximum absolute atomic E-state index is 13.5. The van der Waals surface area contributed by atoms with E-state index < -0.39 is 5.41 Å². The van der Waals surface area contributed by atoms with Crippen LogP contribution in [0.15, 0.2) is 65.3 Å². The zero-order valence-corrected chi connectivity index (χ0v) is 14.8. The number of benzene rings is 2. The fraction of sp³-hybridized carbons (Fsp3) is 0.238. The van der Waals surface area contributed by atoms with Crippen LogP contribution in [0, 0.1) is 0 Å². The summed E-state index contributed by atoms with van der Waals surface area (Å²) >= 11 is 0. The molecule has 5 rings (SSSR count). The summed E-state index contributed by atoms with van der Waals surface area (Å²) < 4.78 is 11.1. The molecule has 1 atom stereocenters. The van der Waals surface area contributed by atoms with Gasteiger partial charge in [0.25, 0.3) is 0 Å². The molecule has 5 heteroatoms. The predicted octanol–water partition coefficient (Wildman–Crippen LogP) is 3.93. The minimum atomic E-state index is -0.771. The van der Waals surface area contributed by atoms with Gasteiger partial charge in [-0.3, -0.25) is 4.79 Å². The summed E-state index contributed by atoms with van der Waals surface area (Å²) in [6, 6.07) is 17.4. The first-order valence-electron chi connectivity index (χ1n) is 8.84. The van der Waals surface area contributed by atoms with Crippen molar-refractivity contribution in [1.82, 2.24) is 5.16 Å². The molecule has 5 nitrogen and oxygen atoms in total. The molecule has 0 N–H and O–H groups in total. The second-order valence-electron chi connectivity index (χ2n) is 6.08. The average molecular weight is 348 g/mol. The van der Waals surface area contributed by atoms with Crippen LogP contribution < -0.4 is 9.64 Å². The summed E-state index contributed by atoms with van der Waals surface area (Å²) in [4.78, 5) is 15.2. The summed E-state index contributed by atoms with van der Waals surface area (Å²) in [6.07, 6.45) is 1.59. The normalized spacial score (nSPS) is 19.6. The number of hydrogen-bond acceptors (Lipinski definition) is 4. The third-order valence-electron chi connectivity index (χ3n) is 4.86. The highest BCUT2D eigenvalue weighted by molar-refractivity contribution is 6.11. The third-order valence-corrected chi connectivity index (χ3v) is 4.86. The molecular formula is C21H20N2O3. The predicted molar refractivity (Wildman–Crippen MR) is 98.2 cm³/mol. The molecule has 1 amide bonds. The number of carbonyl (C=O) groups is 1. The fourth-order valence-electron chi connectivity index (χ4n) is 3.77. The van der Waals surface area contributed by atoms with Gasteiger partial charge in [0, 0.05) is 17.3 Å². The highest BCUT2D eigenvalue weighted by Gasteiger charge is 2.56. The van der Waals surface area contributed by atoms with E-state index in [1.807, 2.05) is 62.4 Å². The number of fused-ring (bicyclic) bond motifs is 4. The first kappa shape index (κ1) is 16.4. The van der Waals surface area contributed by atoms with Gasteiger partial charge in [0.15, 0.2) is 5.76 Å². The molecule has 2 aromatic carbocycles. The Morgan fingerprint density at radius 3 is 2.54 bits per heavy atom. The van der Waals surface area contributed by atoms with Gasteiger partial charge < -0.3 is 14.2 Å². The van der Waals surface area contributed by atoms with Crippen LogP contribution in [0.4, 0.5) is 5.69 Å². The monoisotopic (exact) mass is 348 g/mol. The third kappa shape index (κ3) is 2.17. The van der Waals surface area contributed by atoms with E-state index in [0.717, 1.165) is 22.6 Å². The van der Waals surface area contributed by atoms with Gasteiger partial charge in [-0.25, -0.2) is 0 Å². The molecule has 3 aromatic rings. The molecule has 26 heavy (non-hydrogen) atoms. The number of aromatic nitrogens is 1. The van der Waals surface area contributed by atoms with Gasteiger partial charge in [-0.1, -0.05) is 55.4 Å². The lowest BCUT2D eigenvalue weighted by atomic mass is 9.77. The minimum absolute atomic E-state index is 0.0186. The van der Waals surface area contributed by atoms with E-state index in [9.17, 15) is 4.79 Å². The molecule has 2 aliphatic heterocycles. The number of hydrogen-bond donors (Lipinski definition) is 0. The Morgan fingerprint density at radius 1 is 1.04 bits per heavy atom. The summed E-state index contributed by atoms with van der Waals surface area (Å²) in [6.45, 7) is 4.69. The molecular weight excluding hydrogens is 328 g/mol. The summed E-state index contributed by atoms with van der Waals surface area (Å²) in [7, 11) is 0. The van der Waals surface area contributed by atoms with Crippen molar-refractivity contribution in [2.24, 2.45) is 0 Å². The number of nitrogens with zero attached hydrogens (tertiary/aromatic N) is 2. The van der Waals surface area contributed by atoms with E-state index in [1.54, 1.807) is 17.2 Å². The second kappa shape index (κ2) is 6.33. The lowest BCUT2D eigenvalue weighted by Gasteiger charge is -2.22. The average Bonchev–Trinajstić information content (AvgIpc) is 3.40. The van der Waals surface area contributed by atoms with Crippen LogP contribution in [0.2, 0.25) is 0 Å².